The minimum absolute atomic E-state index is 0.147. The molecule has 1 aliphatic rings. The minimum atomic E-state index is -0.365. The zero-order chi connectivity index (χ0) is 23.2. The maximum atomic E-state index is 12.9. The minimum Gasteiger partial charge on any atom is -0.497 e. The highest BCUT2D eigenvalue weighted by molar-refractivity contribution is 6.09. The lowest BCUT2D eigenvalue weighted by Crippen LogP contribution is -2.27. The van der Waals surface area contributed by atoms with Crippen LogP contribution in [0, 0.1) is 6.92 Å². The zero-order valence-electron chi connectivity index (χ0n) is 18.5. The summed E-state index contributed by atoms with van der Waals surface area (Å²) in [7, 11) is 1.57. The van der Waals surface area contributed by atoms with E-state index >= 15 is 0 Å². The van der Waals surface area contributed by atoms with E-state index in [1.165, 1.54) is 0 Å². The van der Waals surface area contributed by atoms with Crippen molar-refractivity contribution >= 4 is 23.2 Å². The maximum Gasteiger partial charge on any atom is 0.291 e. The topological polar surface area (TPSA) is 102 Å². The molecule has 1 aromatic heterocycles. The number of carbonyl (C=O) groups is 2. The number of para-hydroxylation sites is 1. The number of furan rings is 1. The molecule has 8 heteroatoms. The van der Waals surface area contributed by atoms with E-state index in [1.54, 1.807) is 43.5 Å². The fourth-order valence-corrected chi connectivity index (χ4v) is 3.71. The summed E-state index contributed by atoms with van der Waals surface area (Å²) in [4.78, 5) is 25.1. The number of amides is 2. The van der Waals surface area contributed by atoms with Gasteiger partial charge in [-0.25, -0.2) is 5.43 Å². The molecule has 33 heavy (non-hydrogen) atoms. The molecule has 0 bridgehead atoms. The molecule has 2 amide bonds. The number of benzene rings is 2. The maximum absolute atomic E-state index is 12.9. The number of rotatable bonds is 7. The van der Waals surface area contributed by atoms with Gasteiger partial charge in [0, 0.05) is 29.3 Å². The van der Waals surface area contributed by atoms with Gasteiger partial charge in [0.15, 0.2) is 12.4 Å². The first-order valence-electron chi connectivity index (χ1n) is 10.7. The standard InChI is InChI=1S/C25H25N3O5/c1-16-23-20(27-28-22(29)15-32-18-9-4-3-5-10-18)12-7-13-21(23)33-24(16)25(30)26-17-8-6-11-19(14-17)31-2/h3-6,8-11,14H,7,12-13,15H2,1-2H3,(H,26,30)(H,28,29)/b27-20+. The molecule has 0 aliphatic heterocycles. The molecule has 8 nitrogen and oxygen atoms in total. The van der Waals surface area contributed by atoms with Gasteiger partial charge in [-0.1, -0.05) is 24.3 Å². The van der Waals surface area contributed by atoms with Gasteiger partial charge in [-0.2, -0.15) is 5.10 Å². The first kappa shape index (κ1) is 22.1. The molecule has 0 radical (unpaired) electrons. The quantitative estimate of drug-likeness (QED) is 0.531. The molecular weight excluding hydrogens is 422 g/mol. The van der Waals surface area contributed by atoms with Crippen molar-refractivity contribution < 1.29 is 23.5 Å². The van der Waals surface area contributed by atoms with Crippen LogP contribution in [0.5, 0.6) is 11.5 Å². The van der Waals surface area contributed by atoms with E-state index in [-0.39, 0.29) is 24.2 Å². The number of anilines is 1. The SMILES string of the molecule is COc1cccc(NC(=O)c2oc3c(c2C)/C(=N/NC(=O)COc2ccccc2)CCC3)c1. The molecule has 1 aliphatic carbocycles. The lowest BCUT2D eigenvalue weighted by molar-refractivity contribution is -0.123. The van der Waals surface area contributed by atoms with Gasteiger partial charge in [0.05, 0.1) is 12.8 Å². The van der Waals surface area contributed by atoms with Crippen molar-refractivity contribution in [2.24, 2.45) is 5.10 Å². The molecule has 0 atom stereocenters. The summed E-state index contributed by atoms with van der Waals surface area (Å²) in [6.07, 6.45) is 2.18. The highest BCUT2D eigenvalue weighted by Crippen LogP contribution is 2.30. The van der Waals surface area contributed by atoms with Crippen molar-refractivity contribution in [3.05, 3.63) is 77.2 Å². The third-order valence-corrected chi connectivity index (χ3v) is 5.29. The molecule has 0 saturated heterocycles. The Morgan fingerprint density at radius 1 is 1.06 bits per heavy atom. The van der Waals surface area contributed by atoms with Crippen molar-refractivity contribution in [2.45, 2.75) is 26.2 Å². The highest BCUT2D eigenvalue weighted by atomic mass is 16.5. The summed E-state index contributed by atoms with van der Waals surface area (Å²) in [5.41, 5.74) is 5.31. The number of carbonyl (C=O) groups excluding carboxylic acids is 2. The van der Waals surface area contributed by atoms with Gasteiger partial charge < -0.3 is 19.2 Å². The van der Waals surface area contributed by atoms with E-state index in [2.05, 4.69) is 15.8 Å². The van der Waals surface area contributed by atoms with Gasteiger partial charge in [-0.3, -0.25) is 9.59 Å². The molecule has 0 unspecified atom stereocenters. The van der Waals surface area contributed by atoms with Crippen LogP contribution in [0.2, 0.25) is 0 Å². The fraction of sp³-hybridized carbons (Fsp3) is 0.240. The smallest absolute Gasteiger partial charge is 0.291 e. The van der Waals surface area contributed by atoms with Crippen molar-refractivity contribution in [2.75, 3.05) is 19.0 Å². The third-order valence-electron chi connectivity index (χ3n) is 5.29. The lowest BCUT2D eigenvalue weighted by Gasteiger charge is -2.13. The number of nitrogens with zero attached hydrogens (tertiary/aromatic N) is 1. The van der Waals surface area contributed by atoms with E-state index in [9.17, 15) is 9.59 Å². The van der Waals surface area contributed by atoms with Crippen LogP contribution in [0.25, 0.3) is 0 Å². The predicted octanol–water partition coefficient (Wildman–Crippen LogP) is 4.08. The molecule has 3 aromatic rings. The lowest BCUT2D eigenvalue weighted by atomic mass is 9.93. The predicted molar refractivity (Wildman–Crippen MR) is 124 cm³/mol. The normalized spacial score (nSPS) is 13.8. The number of fused-ring (bicyclic) bond motifs is 1. The van der Waals surface area contributed by atoms with E-state index < -0.39 is 0 Å². The van der Waals surface area contributed by atoms with Gasteiger partial charge in [-0.05, 0) is 44.0 Å². The Balaban J connectivity index is 1.46. The molecule has 4 rings (SSSR count). The van der Waals surface area contributed by atoms with Gasteiger partial charge in [0.25, 0.3) is 11.8 Å². The second-order valence-electron chi connectivity index (χ2n) is 7.59. The van der Waals surface area contributed by atoms with Gasteiger partial charge in [0.1, 0.15) is 17.3 Å². The second kappa shape index (κ2) is 10.0. The number of aryl methyl sites for hydroxylation is 1. The van der Waals surface area contributed by atoms with Crippen LogP contribution in [0.4, 0.5) is 5.69 Å². The average Bonchev–Trinajstić information content (AvgIpc) is 3.19. The Labute approximate surface area is 191 Å². The largest absolute Gasteiger partial charge is 0.497 e. The van der Waals surface area contributed by atoms with E-state index in [0.717, 1.165) is 12.0 Å². The number of hydrazone groups is 1. The van der Waals surface area contributed by atoms with Gasteiger partial charge in [-0.15, -0.1) is 0 Å². The first-order valence-corrected chi connectivity index (χ1v) is 10.7. The van der Waals surface area contributed by atoms with Crippen molar-refractivity contribution in [3.63, 3.8) is 0 Å². The summed E-state index contributed by atoms with van der Waals surface area (Å²) in [5, 5.41) is 7.15. The van der Waals surface area contributed by atoms with Gasteiger partial charge >= 0.3 is 0 Å². The Morgan fingerprint density at radius 2 is 1.85 bits per heavy atom. The monoisotopic (exact) mass is 447 g/mol. The van der Waals surface area contributed by atoms with E-state index in [1.807, 2.05) is 25.1 Å². The Kier molecular flexibility index (Phi) is 6.73. The van der Waals surface area contributed by atoms with Gasteiger partial charge in [0.2, 0.25) is 0 Å². The van der Waals surface area contributed by atoms with Crippen LogP contribution in [0.15, 0.2) is 64.1 Å². The zero-order valence-corrected chi connectivity index (χ0v) is 18.5. The number of nitrogens with one attached hydrogen (secondary N) is 2. The third kappa shape index (κ3) is 5.23. The summed E-state index contributed by atoms with van der Waals surface area (Å²) >= 11 is 0. The summed E-state index contributed by atoms with van der Waals surface area (Å²) in [6.45, 7) is 1.68. The van der Waals surface area contributed by atoms with E-state index in [4.69, 9.17) is 13.9 Å². The van der Waals surface area contributed by atoms with Crippen molar-refractivity contribution in [3.8, 4) is 11.5 Å². The molecule has 0 spiro atoms. The van der Waals surface area contributed by atoms with E-state index in [0.29, 0.717) is 47.1 Å². The number of methoxy groups -OCH3 is 1. The molecule has 2 N–H and O–H groups in total. The Hall–Kier alpha value is -4.07. The molecule has 0 saturated carbocycles. The Bertz CT molecular complexity index is 1180. The number of hydrogen-bond donors (Lipinski definition) is 2. The van der Waals surface area contributed by atoms with Crippen LogP contribution in [0.1, 0.15) is 40.3 Å². The number of hydrogen-bond acceptors (Lipinski definition) is 6. The average molecular weight is 447 g/mol. The summed E-state index contributed by atoms with van der Waals surface area (Å²) in [6, 6.07) is 16.2. The summed E-state index contributed by atoms with van der Waals surface area (Å²) in [5.74, 6) is 1.46. The Morgan fingerprint density at radius 3 is 2.64 bits per heavy atom. The van der Waals surface area contributed by atoms with Crippen LogP contribution in [-0.4, -0.2) is 31.2 Å². The van der Waals surface area contributed by atoms with Crippen LogP contribution < -0.4 is 20.2 Å². The number of ether oxygens (including phenoxy) is 2. The van der Waals surface area contributed by atoms with Crippen LogP contribution in [0.3, 0.4) is 0 Å². The van der Waals surface area contributed by atoms with Crippen molar-refractivity contribution in [1.29, 1.82) is 0 Å². The summed E-state index contributed by atoms with van der Waals surface area (Å²) < 4.78 is 16.6. The van der Waals surface area contributed by atoms with Crippen molar-refractivity contribution in [1.82, 2.24) is 5.43 Å². The second-order valence-corrected chi connectivity index (χ2v) is 7.59. The fourth-order valence-electron chi connectivity index (χ4n) is 3.71. The molecule has 1 heterocycles. The molecule has 2 aromatic carbocycles. The van der Waals surface area contributed by atoms with Crippen LogP contribution in [-0.2, 0) is 11.2 Å². The highest BCUT2D eigenvalue weighted by Gasteiger charge is 2.28. The molecular formula is C25H25N3O5. The first-order chi connectivity index (χ1) is 16.0. The molecule has 170 valence electrons. The van der Waals surface area contributed by atoms with Crippen LogP contribution >= 0.6 is 0 Å². The molecule has 0 fully saturated rings.